The van der Waals surface area contributed by atoms with Crippen LogP contribution in [0.4, 0.5) is 4.79 Å². The van der Waals surface area contributed by atoms with Crippen molar-refractivity contribution in [2.75, 3.05) is 6.54 Å². The number of benzene rings is 1. The second-order valence-corrected chi connectivity index (χ2v) is 7.68. The molecule has 1 aromatic carbocycles. The summed E-state index contributed by atoms with van der Waals surface area (Å²) in [5.74, 6) is 0. The summed E-state index contributed by atoms with van der Waals surface area (Å²) < 4.78 is 5.49. The maximum Gasteiger partial charge on any atom is 0.410 e. The summed E-state index contributed by atoms with van der Waals surface area (Å²) in [6.07, 6.45) is 5.80. The number of carbonyl (C=O) groups is 1. The molecule has 0 aromatic heterocycles. The summed E-state index contributed by atoms with van der Waals surface area (Å²) >= 11 is 0. The van der Waals surface area contributed by atoms with Gasteiger partial charge in [-0.2, -0.15) is 0 Å². The van der Waals surface area contributed by atoms with E-state index >= 15 is 0 Å². The SMILES string of the molecule is CCCCCCC1CN(Cc2ccc(C(C)(C)C)cc2)C(=O)O1. The van der Waals surface area contributed by atoms with Gasteiger partial charge in [0.25, 0.3) is 0 Å². The van der Waals surface area contributed by atoms with Gasteiger partial charge in [-0.05, 0) is 29.4 Å². The third-order valence-corrected chi connectivity index (χ3v) is 4.52. The first-order valence-corrected chi connectivity index (χ1v) is 8.95. The Morgan fingerprint density at radius 1 is 1.13 bits per heavy atom. The third-order valence-electron chi connectivity index (χ3n) is 4.52. The van der Waals surface area contributed by atoms with E-state index in [1.807, 2.05) is 4.90 Å². The van der Waals surface area contributed by atoms with E-state index in [2.05, 4.69) is 52.0 Å². The standard InChI is InChI=1S/C20H31NO2/c1-5-6-7-8-9-18-15-21(19(22)23-18)14-16-10-12-17(13-11-16)20(2,3)4/h10-13,18H,5-9,14-15H2,1-4H3. The van der Waals surface area contributed by atoms with Crippen molar-refractivity contribution < 1.29 is 9.53 Å². The van der Waals surface area contributed by atoms with Crippen molar-refractivity contribution in [3.8, 4) is 0 Å². The Hall–Kier alpha value is -1.51. The third kappa shape index (κ3) is 5.26. The molecule has 1 amide bonds. The lowest BCUT2D eigenvalue weighted by molar-refractivity contribution is 0.127. The predicted octanol–water partition coefficient (Wildman–Crippen LogP) is 5.28. The molecule has 0 aliphatic carbocycles. The van der Waals surface area contributed by atoms with Crippen molar-refractivity contribution in [2.24, 2.45) is 0 Å². The molecule has 1 atom stereocenters. The van der Waals surface area contributed by atoms with Crippen LogP contribution >= 0.6 is 0 Å². The minimum Gasteiger partial charge on any atom is -0.444 e. The summed E-state index contributed by atoms with van der Waals surface area (Å²) in [5, 5.41) is 0. The maximum atomic E-state index is 12.0. The Morgan fingerprint density at radius 2 is 1.83 bits per heavy atom. The largest absolute Gasteiger partial charge is 0.444 e. The molecule has 3 nitrogen and oxygen atoms in total. The molecule has 1 saturated heterocycles. The van der Waals surface area contributed by atoms with Crippen LogP contribution in [0.15, 0.2) is 24.3 Å². The van der Waals surface area contributed by atoms with Crippen LogP contribution in [0, 0.1) is 0 Å². The van der Waals surface area contributed by atoms with Gasteiger partial charge in [0.15, 0.2) is 0 Å². The van der Waals surface area contributed by atoms with Crippen LogP contribution in [-0.4, -0.2) is 23.6 Å². The van der Waals surface area contributed by atoms with E-state index in [1.54, 1.807) is 0 Å². The first-order chi connectivity index (χ1) is 10.9. The summed E-state index contributed by atoms with van der Waals surface area (Å²) in [6.45, 7) is 10.2. The highest BCUT2D eigenvalue weighted by atomic mass is 16.6. The average molecular weight is 317 g/mol. The highest BCUT2D eigenvalue weighted by Crippen LogP contribution is 2.24. The van der Waals surface area contributed by atoms with Gasteiger partial charge in [-0.25, -0.2) is 4.79 Å². The van der Waals surface area contributed by atoms with E-state index in [1.165, 1.54) is 30.4 Å². The van der Waals surface area contributed by atoms with Crippen molar-refractivity contribution in [1.82, 2.24) is 4.90 Å². The molecule has 23 heavy (non-hydrogen) atoms. The molecule has 1 heterocycles. The predicted molar refractivity (Wildman–Crippen MR) is 94.6 cm³/mol. The van der Waals surface area contributed by atoms with Gasteiger partial charge in [0.1, 0.15) is 6.10 Å². The van der Waals surface area contributed by atoms with Crippen LogP contribution in [-0.2, 0) is 16.7 Å². The molecule has 0 N–H and O–H groups in total. The summed E-state index contributed by atoms with van der Waals surface area (Å²) in [4.78, 5) is 13.8. The molecule has 0 saturated carbocycles. The highest BCUT2D eigenvalue weighted by molar-refractivity contribution is 5.69. The molecule has 1 fully saturated rings. The normalized spacial score (nSPS) is 18.3. The van der Waals surface area contributed by atoms with Gasteiger partial charge < -0.3 is 9.64 Å². The monoisotopic (exact) mass is 317 g/mol. The molecule has 128 valence electrons. The summed E-state index contributed by atoms with van der Waals surface area (Å²) in [5.41, 5.74) is 2.65. The number of nitrogens with zero attached hydrogens (tertiary/aromatic N) is 1. The molecule has 1 unspecified atom stereocenters. The molecule has 1 aliphatic heterocycles. The maximum absolute atomic E-state index is 12.0. The van der Waals surface area contributed by atoms with Crippen molar-refractivity contribution in [2.45, 2.75) is 77.9 Å². The number of carbonyl (C=O) groups excluding carboxylic acids is 1. The van der Waals surface area contributed by atoms with Gasteiger partial charge >= 0.3 is 6.09 Å². The Kier molecular flexibility index (Phi) is 6.09. The van der Waals surface area contributed by atoms with E-state index in [0.29, 0.717) is 6.54 Å². The number of rotatable bonds is 7. The molecular formula is C20H31NO2. The van der Waals surface area contributed by atoms with Gasteiger partial charge in [-0.15, -0.1) is 0 Å². The zero-order valence-corrected chi connectivity index (χ0v) is 15.1. The number of ether oxygens (including phenoxy) is 1. The van der Waals surface area contributed by atoms with Crippen molar-refractivity contribution in [1.29, 1.82) is 0 Å². The van der Waals surface area contributed by atoms with Crippen molar-refractivity contribution in [3.05, 3.63) is 35.4 Å². The Balaban J connectivity index is 1.84. The van der Waals surface area contributed by atoms with Gasteiger partial charge in [0.2, 0.25) is 0 Å². The van der Waals surface area contributed by atoms with Crippen LogP contribution in [0.5, 0.6) is 0 Å². The molecule has 0 bridgehead atoms. The van der Waals surface area contributed by atoms with Crippen LogP contribution < -0.4 is 0 Å². The summed E-state index contributed by atoms with van der Waals surface area (Å²) in [7, 11) is 0. The number of hydrogen-bond donors (Lipinski definition) is 0. The van der Waals surface area contributed by atoms with Crippen LogP contribution in [0.25, 0.3) is 0 Å². The van der Waals surface area contributed by atoms with Gasteiger partial charge in [0.05, 0.1) is 6.54 Å². The van der Waals surface area contributed by atoms with Crippen LogP contribution in [0.3, 0.4) is 0 Å². The van der Waals surface area contributed by atoms with Crippen LogP contribution in [0.2, 0.25) is 0 Å². The lowest BCUT2D eigenvalue weighted by Gasteiger charge is -2.20. The molecule has 2 rings (SSSR count). The number of amides is 1. The number of cyclic esters (lactones) is 1. The Bertz CT molecular complexity index is 501. The van der Waals surface area contributed by atoms with E-state index in [4.69, 9.17) is 4.74 Å². The molecule has 0 radical (unpaired) electrons. The quantitative estimate of drug-likeness (QED) is 0.641. The minimum atomic E-state index is -0.162. The molecular weight excluding hydrogens is 286 g/mol. The lowest BCUT2D eigenvalue weighted by atomic mass is 9.87. The molecule has 0 spiro atoms. The van der Waals surface area contributed by atoms with E-state index in [-0.39, 0.29) is 17.6 Å². The average Bonchev–Trinajstić information content (AvgIpc) is 2.83. The second kappa shape index (κ2) is 7.85. The van der Waals surface area contributed by atoms with Crippen LogP contribution in [0.1, 0.15) is 70.9 Å². The highest BCUT2D eigenvalue weighted by Gasteiger charge is 2.30. The fourth-order valence-corrected chi connectivity index (χ4v) is 2.98. The molecule has 3 heteroatoms. The minimum absolute atomic E-state index is 0.0770. The van der Waals surface area contributed by atoms with E-state index in [9.17, 15) is 4.79 Å². The number of hydrogen-bond acceptors (Lipinski definition) is 2. The van der Waals surface area contributed by atoms with Gasteiger partial charge in [0, 0.05) is 6.54 Å². The fourth-order valence-electron chi connectivity index (χ4n) is 2.98. The fraction of sp³-hybridized carbons (Fsp3) is 0.650. The zero-order chi connectivity index (χ0) is 16.9. The second-order valence-electron chi connectivity index (χ2n) is 7.68. The number of unbranched alkanes of at least 4 members (excludes halogenated alkanes) is 3. The first kappa shape index (κ1) is 17.8. The molecule has 1 aliphatic rings. The topological polar surface area (TPSA) is 29.5 Å². The lowest BCUT2D eigenvalue weighted by Crippen LogP contribution is -2.24. The Morgan fingerprint density at radius 3 is 2.43 bits per heavy atom. The van der Waals surface area contributed by atoms with Gasteiger partial charge in [-0.1, -0.05) is 71.2 Å². The summed E-state index contributed by atoms with van der Waals surface area (Å²) in [6, 6.07) is 8.59. The zero-order valence-electron chi connectivity index (χ0n) is 15.1. The van der Waals surface area contributed by atoms with Crippen molar-refractivity contribution >= 4 is 6.09 Å². The Labute approximate surface area is 141 Å². The van der Waals surface area contributed by atoms with Crippen molar-refractivity contribution in [3.63, 3.8) is 0 Å². The van der Waals surface area contributed by atoms with Gasteiger partial charge in [-0.3, -0.25) is 0 Å². The van der Waals surface area contributed by atoms with E-state index < -0.39 is 0 Å². The first-order valence-electron chi connectivity index (χ1n) is 8.95. The van der Waals surface area contributed by atoms with E-state index in [0.717, 1.165) is 19.4 Å². The smallest absolute Gasteiger partial charge is 0.410 e. The molecule has 1 aromatic rings.